The summed E-state index contributed by atoms with van der Waals surface area (Å²) in [5.74, 6) is 1.00. The molecule has 3 rings (SSSR count). The van der Waals surface area contributed by atoms with Crippen molar-refractivity contribution >= 4 is 23.2 Å². The maximum absolute atomic E-state index is 9.88. The molecule has 0 aromatic carbocycles. The topological polar surface area (TPSA) is 77.4 Å². The number of hydrogen-bond donors (Lipinski definition) is 2. The van der Waals surface area contributed by atoms with Crippen molar-refractivity contribution in [1.82, 2.24) is 19.9 Å². The standard InChI is InChI=1S/C14H19N5O/c1-14(20)4-9(5-14)10-6-15-12-11(10)16-7-17-13(12)18-8-19(2)3/h6-9,15,20H,4-5H2,1-3H3. The molecule has 2 aromatic heterocycles. The van der Waals surface area contributed by atoms with Gasteiger partial charge >= 0.3 is 0 Å². The third-order valence-corrected chi connectivity index (χ3v) is 3.70. The molecule has 6 heteroatoms. The van der Waals surface area contributed by atoms with Crippen molar-refractivity contribution < 1.29 is 5.11 Å². The fourth-order valence-corrected chi connectivity index (χ4v) is 2.75. The summed E-state index contributed by atoms with van der Waals surface area (Å²) in [6.07, 6.45) is 6.78. The Balaban J connectivity index is 1.96. The summed E-state index contributed by atoms with van der Waals surface area (Å²) >= 11 is 0. The first kappa shape index (κ1) is 13.1. The van der Waals surface area contributed by atoms with E-state index in [1.807, 2.05) is 32.1 Å². The second-order valence-electron chi connectivity index (χ2n) is 5.98. The summed E-state index contributed by atoms with van der Waals surface area (Å²) in [6, 6.07) is 0. The summed E-state index contributed by atoms with van der Waals surface area (Å²) in [4.78, 5) is 18.0. The van der Waals surface area contributed by atoms with E-state index in [0.29, 0.717) is 11.7 Å². The Morgan fingerprint density at radius 3 is 2.85 bits per heavy atom. The van der Waals surface area contributed by atoms with Crippen LogP contribution in [0, 0.1) is 0 Å². The van der Waals surface area contributed by atoms with E-state index in [4.69, 9.17) is 0 Å². The average Bonchev–Trinajstić information content (AvgIpc) is 2.77. The lowest BCUT2D eigenvalue weighted by Gasteiger charge is -2.40. The first-order valence-electron chi connectivity index (χ1n) is 6.71. The van der Waals surface area contributed by atoms with Crippen molar-refractivity contribution in [3.63, 3.8) is 0 Å². The van der Waals surface area contributed by atoms with Crippen LogP contribution in [0.1, 0.15) is 31.2 Å². The zero-order chi connectivity index (χ0) is 14.3. The SMILES string of the molecule is CN(C)C=Nc1ncnc2c(C3CC(C)(O)C3)c[nH]c12. The Labute approximate surface area is 117 Å². The third-order valence-electron chi connectivity index (χ3n) is 3.70. The van der Waals surface area contributed by atoms with Crippen LogP contribution in [0.15, 0.2) is 17.5 Å². The molecular weight excluding hydrogens is 254 g/mol. The first-order chi connectivity index (χ1) is 9.46. The molecule has 1 fully saturated rings. The highest BCUT2D eigenvalue weighted by Crippen LogP contribution is 2.46. The predicted molar refractivity (Wildman–Crippen MR) is 78.3 cm³/mol. The van der Waals surface area contributed by atoms with Gasteiger partial charge in [0.25, 0.3) is 0 Å². The van der Waals surface area contributed by atoms with E-state index in [2.05, 4.69) is 19.9 Å². The number of aliphatic hydroxyl groups is 1. The van der Waals surface area contributed by atoms with E-state index in [9.17, 15) is 5.11 Å². The zero-order valence-corrected chi connectivity index (χ0v) is 12.0. The second-order valence-corrected chi connectivity index (χ2v) is 5.98. The molecule has 20 heavy (non-hydrogen) atoms. The predicted octanol–water partition coefficient (Wildman–Crippen LogP) is 1.81. The number of H-pyrrole nitrogens is 1. The van der Waals surface area contributed by atoms with Crippen LogP contribution < -0.4 is 0 Å². The van der Waals surface area contributed by atoms with Crippen LogP contribution in [0.25, 0.3) is 11.0 Å². The summed E-state index contributed by atoms with van der Waals surface area (Å²) < 4.78 is 0. The number of nitrogens with one attached hydrogen (secondary N) is 1. The van der Waals surface area contributed by atoms with E-state index < -0.39 is 5.60 Å². The lowest BCUT2D eigenvalue weighted by Crippen LogP contribution is -2.39. The summed E-state index contributed by atoms with van der Waals surface area (Å²) in [5, 5.41) is 9.88. The minimum Gasteiger partial charge on any atom is -0.390 e. The Kier molecular flexibility index (Phi) is 2.97. The quantitative estimate of drug-likeness (QED) is 0.660. The lowest BCUT2D eigenvalue weighted by atomic mass is 9.69. The molecule has 0 unspecified atom stereocenters. The minimum atomic E-state index is -0.535. The van der Waals surface area contributed by atoms with Crippen LogP contribution in [0.5, 0.6) is 0 Å². The smallest absolute Gasteiger partial charge is 0.181 e. The number of hydrogen-bond acceptors (Lipinski definition) is 4. The number of fused-ring (bicyclic) bond motifs is 1. The van der Waals surface area contributed by atoms with Gasteiger partial charge in [0.15, 0.2) is 5.82 Å². The lowest BCUT2D eigenvalue weighted by molar-refractivity contribution is -0.0310. The minimum absolute atomic E-state index is 0.360. The van der Waals surface area contributed by atoms with Crippen LogP contribution in [0.4, 0.5) is 5.82 Å². The van der Waals surface area contributed by atoms with E-state index in [-0.39, 0.29) is 0 Å². The fourth-order valence-electron chi connectivity index (χ4n) is 2.75. The average molecular weight is 273 g/mol. The largest absolute Gasteiger partial charge is 0.390 e. The fraction of sp³-hybridized carbons (Fsp3) is 0.500. The third kappa shape index (κ3) is 2.27. The van der Waals surface area contributed by atoms with Gasteiger partial charge in [-0.2, -0.15) is 0 Å². The molecule has 1 aliphatic rings. The monoisotopic (exact) mass is 273 g/mol. The molecule has 0 aliphatic heterocycles. The van der Waals surface area contributed by atoms with Crippen LogP contribution in [0.2, 0.25) is 0 Å². The van der Waals surface area contributed by atoms with Gasteiger partial charge in [-0.25, -0.2) is 15.0 Å². The highest BCUT2D eigenvalue weighted by atomic mass is 16.3. The summed E-state index contributed by atoms with van der Waals surface area (Å²) in [5.41, 5.74) is 2.38. The van der Waals surface area contributed by atoms with Gasteiger partial charge in [-0.05, 0) is 31.2 Å². The van der Waals surface area contributed by atoms with Crippen molar-refractivity contribution in [2.45, 2.75) is 31.3 Å². The molecular formula is C14H19N5O. The molecule has 2 aromatic rings. The van der Waals surface area contributed by atoms with Crippen LogP contribution >= 0.6 is 0 Å². The molecule has 6 nitrogen and oxygen atoms in total. The van der Waals surface area contributed by atoms with Crippen molar-refractivity contribution in [3.05, 3.63) is 18.1 Å². The molecule has 0 amide bonds. The van der Waals surface area contributed by atoms with Crippen LogP contribution in [0.3, 0.4) is 0 Å². The highest BCUT2D eigenvalue weighted by Gasteiger charge is 2.40. The summed E-state index contributed by atoms with van der Waals surface area (Å²) in [6.45, 7) is 1.88. The molecule has 0 saturated heterocycles. The molecule has 2 heterocycles. The van der Waals surface area contributed by atoms with Gasteiger partial charge in [0.2, 0.25) is 0 Å². The zero-order valence-electron chi connectivity index (χ0n) is 12.0. The number of aliphatic imine (C=N–C) groups is 1. The molecule has 0 spiro atoms. The van der Waals surface area contributed by atoms with Gasteiger partial charge < -0.3 is 15.0 Å². The Bertz CT molecular complexity index is 651. The van der Waals surface area contributed by atoms with Crippen LogP contribution in [-0.4, -0.2) is 51.0 Å². The molecule has 0 radical (unpaired) electrons. The maximum Gasteiger partial charge on any atom is 0.181 e. The van der Waals surface area contributed by atoms with E-state index in [1.54, 1.807) is 12.7 Å². The Morgan fingerprint density at radius 1 is 1.45 bits per heavy atom. The Hall–Kier alpha value is -1.95. The molecule has 106 valence electrons. The van der Waals surface area contributed by atoms with Crippen molar-refractivity contribution in [2.24, 2.45) is 4.99 Å². The maximum atomic E-state index is 9.88. The van der Waals surface area contributed by atoms with E-state index >= 15 is 0 Å². The van der Waals surface area contributed by atoms with Crippen molar-refractivity contribution in [2.75, 3.05) is 14.1 Å². The number of rotatable bonds is 3. The molecule has 1 aliphatic carbocycles. The highest BCUT2D eigenvalue weighted by molar-refractivity contribution is 5.88. The number of nitrogens with zero attached hydrogens (tertiary/aromatic N) is 4. The van der Waals surface area contributed by atoms with E-state index in [1.165, 1.54) is 0 Å². The number of aromatic amines is 1. The Morgan fingerprint density at radius 2 is 2.20 bits per heavy atom. The molecule has 0 atom stereocenters. The first-order valence-corrected chi connectivity index (χ1v) is 6.71. The van der Waals surface area contributed by atoms with Gasteiger partial charge in [0.05, 0.1) is 17.5 Å². The van der Waals surface area contributed by atoms with Crippen molar-refractivity contribution in [3.8, 4) is 0 Å². The molecule has 2 N–H and O–H groups in total. The van der Waals surface area contributed by atoms with Gasteiger partial charge in [0, 0.05) is 20.3 Å². The van der Waals surface area contributed by atoms with Crippen LogP contribution in [-0.2, 0) is 0 Å². The van der Waals surface area contributed by atoms with E-state index in [0.717, 1.165) is 29.4 Å². The normalized spacial score (nSPS) is 26.1. The molecule has 1 saturated carbocycles. The summed E-state index contributed by atoms with van der Waals surface area (Å²) in [7, 11) is 3.83. The van der Waals surface area contributed by atoms with Gasteiger partial charge in [0.1, 0.15) is 11.8 Å². The molecule has 0 bridgehead atoms. The van der Waals surface area contributed by atoms with Gasteiger partial charge in [-0.1, -0.05) is 0 Å². The number of aromatic nitrogens is 3. The van der Waals surface area contributed by atoms with Gasteiger partial charge in [-0.3, -0.25) is 0 Å². The van der Waals surface area contributed by atoms with Gasteiger partial charge in [-0.15, -0.1) is 0 Å². The second kappa shape index (κ2) is 4.56. The van der Waals surface area contributed by atoms with Crippen molar-refractivity contribution in [1.29, 1.82) is 0 Å².